The number of nitrogens with zero attached hydrogens (tertiary/aromatic N) is 2. The fraction of sp³-hybridized carbons (Fsp3) is 0.0870. The van der Waals surface area contributed by atoms with E-state index in [9.17, 15) is 9.59 Å². The van der Waals surface area contributed by atoms with E-state index >= 15 is 0 Å². The molecule has 0 aliphatic rings. The van der Waals surface area contributed by atoms with Crippen molar-refractivity contribution in [3.63, 3.8) is 0 Å². The Morgan fingerprint density at radius 2 is 1.70 bits per heavy atom. The first-order chi connectivity index (χ1) is 14.5. The molecule has 0 atom stereocenters. The predicted molar refractivity (Wildman–Crippen MR) is 123 cm³/mol. The van der Waals surface area contributed by atoms with Crippen LogP contribution in [0, 0.1) is 0 Å². The summed E-state index contributed by atoms with van der Waals surface area (Å²) in [5.41, 5.74) is 4.85. The molecule has 2 N–H and O–H groups in total. The predicted octanol–water partition coefficient (Wildman–Crippen LogP) is 3.74. The van der Waals surface area contributed by atoms with Crippen molar-refractivity contribution in [3.8, 4) is 0 Å². The van der Waals surface area contributed by atoms with Crippen LogP contribution in [0.25, 0.3) is 6.08 Å². The molecule has 0 aliphatic carbocycles. The van der Waals surface area contributed by atoms with Crippen LogP contribution in [-0.4, -0.2) is 32.1 Å². The molecule has 0 fully saturated rings. The van der Waals surface area contributed by atoms with Gasteiger partial charge in [0, 0.05) is 30.2 Å². The maximum absolute atomic E-state index is 12.7. The Kier molecular flexibility index (Phi) is 7.13. The lowest BCUT2D eigenvalue weighted by molar-refractivity contribution is -0.117. The number of thiophene rings is 1. The van der Waals surface area contributed by atoms with Gasteiger partial charge in [0.15, 0.2) is 0 Å². The van der Waals surface area contributed by atoms with Crippen LogP contribution in [0.1, 0.15) is 20.8 Å². The Hall–Kier alpha value is -3.71. The van der Waals surface area contributed by atoms with Gasteiger partial charge in [-0.15, -0.1) is 11.3 Å². The third kappa shape index (κ3) is 5.89. The molecule has 7 heteroatoms. The normalized spacial score (nSPS) is 11.3. The van der Waals surface area contributed by atoms with Crippen molar-refractivity contribution in [3.05, 3.63) is 93.8 Å². The second-order valence-electron chi connectivity index (χ2n) is 6.58. The van der Waals surface area contributed by atoms with Gasteiger partial charge >= 0.3 is 0 Å². The van der Waals surface area contributed by atoms with Gasteiger partial charge in [0.1, 0.15) is 5.70 Å². The fourth-order valence-electron chi connectivity index (χ4n) is 2.56. The summed E-state index contributed by atoms with van der Waals surface area (Å²) in [5.74, 6) is -0.882. The lowest BCUT2D eigenvalue weighted by Crippen LogP contribution is -2.32. The zero-order valence-corrected chi connectivity index (χ0v) is 17.5. The minimum absolute atomic E-state index is 0.102. The largest absolute Gasteiger partial charge is 0.378 e. The number of benzene rings is 2. The van der Waals surface area contributed by atoms with E-state index in [1.807, 2.05) is 66.8 Å². The minimum atomic E-state index is -0.510. The Morgan fingerprint density at radius 3 is 2.33 bits per heavy atom. The SMILES string of the molecule is CN(C)c1ccc(C=C(NC(=O)c2ccccc2)C(=O)NN=Cc2cccs2)cc1. The average Bonchev–Trinajstić information content (AvgIpc) is 3.27. The maximum Gasteiger partial charge on any atom is 0.287 e. The van der Waals surface area contributed by atoms with E-state index in [0.29, 0.717) is 5.56 Å². The number of hydrogen-bond donors (Lipinski definition) is 2. The van der Waals surface area contributed by atoms with Gasteiger partial charge in [0.2, 0.25) is 0 Å². The van der Waals surface area contributed by atoms with E-state index in [1.165, 1.54) is 11.3 Å². The highest BCUT2D eigenvalue weighted by molar-refractivity contribution is 7.11. The number of nitrogens with one attached hydrogen (secondary N) is 2. The molecule has 0 spiro atoms. The summed E-state index contributed by atoms with van der Waals surface area (Å²) in [7, 11) is 3.91. The highest BCUT2D eigenvalue weighted by Crippen LogP contribution is 2.14. The van der Waals surface area contributed by atoms with Crippen LogP contribution in [0.3, 0.4) is 0 Å². The molecule has 3 rings (SSSR count). The Labute approximate surface area is 179 Å². The number of anilines is 1. The topological polar surface area (TPSA) is 73.8 Å². The van der Waals surface area contributed by atoms with Crippen molar-refractivity contribution in [1.82, 2.24) is 10.7 Å². The van der Waals surface area contributed by atoms with Crippen LogP contribution in [0.15, 0.2) is 82.9 Å². The molecule has 0 saturated carbocycles. The molecule has 3 aromatic rings. The van der Waals surface area contributed by atoms with Crippen molar-refractivity contribution in [2.45, 2.75) is 0 Å². The molecule has 1 heterocycles. The van der Waals surface area contributed by atoms with Gasteiger partial charge in [-0.2, -0.15) is 5.10 Å². The molecule has 0 unspecified atom stereocenters. The first-order valence-corrected chi connectivity index (χ1v) is 10.1. The second kappa shape index (κ2) is 10.2. The third-order valence-corrected chi connectivity index (χ3v) is 4.96. The average molecular weight is 419 g/mol. The van der Waals surface area contributed by atoms with Crippen molar-refractivity contribution in [2.75, 3.05) is 19.0 Å². The maximum atomic E-state index is 12.7. The van der Waals surface area contributed by atoms with Crippen LogP contribution in [0.4, 0.5) is 5.69 Å². The summed E-state index contributed by atoms with van der Waals surface area (Å²) in [5, 5.41) is 8.59. The third-order valence-electron chi connectivity index (χ3n) is 4.15. The highest BCUT2D eigenvalue weighted by atomic mass is 32.1. The van der Waals surface area contributed by atoms with Gasteiger partial charge in [-0.3, -0.25) is 9.59 Å². The van der Waals surface area contributed by atoms with Gasteiger partial charge in [-0.25, -0.2) is 5.43 Å². The Morgan fingerprint density at radius 1 is 0.967 bits per heavy atom. The van der Waals surface area contributed by atoms with Gasteiger partial charge in [0.25, 0.3) is 11.8 Å². The summed E-state index contributed by atoms with van der Waals surface area (Å²) < 4.78 is 0. The number of carbonyl (C=O) groups excluding carboxylic acids is 2. The molecule has 0 aliphatic heterocycles. The van der Waals surface area contributed by atoms with Crippen molar-refractivity contribution < 1.29 is 9.59 Å². The molecule has 2 aromatic carbocycles. The minimum Gasteiger partial charge on any atom is -0.378 e. The molecule has 152 valence electrons. The standard InChI is InChI=1S/C23H22N4O2S/c1-27(2)19-12-10-17(11-13-19)15-21(25-22(28)18-7-4-3-5-8-18)23(29)26-24-16-20-9-6-14-30-20/h3-16H,1-2H3,(H,25,28)(H,26,29). The monoisotopic (exact) mass is 418 g/mol. The summed E-state index contributed by atoms with van der Waals surface area (Å²) in [6.07, 6.45) is 3.18. The zero-order valence-electron chi connectivity index (χ0n) is 16.7. The molecule has 6 nitrogen and oxygen atoms in total. The van der Waals surface area contributed by atoms with Crippen molar-refractivity contribution in [2.24, 2.45) is 5.10 Å². The summed E-state index contributed by atoms with van der Waals surface area (Å²) in [4.78, 5) is 28.2. The summed E-state index contributed by atoms with van der Waals surface area (Å²) in [6, 6.07) is 20.2. The van der Waals surface area contributed by atoms with Gasteiger partial charge in [-0.1, -0.05) is 36.4 Å². The number of hydrogen-bond acceptors (Lipinski definition) is 5. The number of carbonyl (C=O) groups is 2. The molecule has 0 radical (unpaired) electrons. The molecule has 1 aromatic heterocycles. The lowest BCUT2D eigenvalue weighted by atomic mass is 10.1. The first-order valence-electron chi connectivity index (χ1n) is 9.25. The van der Waals surface area contributed by atoms with E-state index in [2.05, 4.69) is 15.8 Å². The van der Waals surface area contributed by atoms with Gasteiger partial charge in [0.05, 0.1) is 6.21 Å². The molecular weight excluding hydrogens is 396 g/mol. The zero-order chi connectivity index (χ0) is 21.3. The number of rotatable bonds is 7. The van der Waals surface area contributed by atoms with Crippen LogP contribution in [0.2, 0.25) is 0 Å². The molecular formula is C23H22N4O2S. The molecule has 30 heavy (non-hydrogen) atoms. The molecule has 2 amide bonds. The Bertz CT molecular complexity index is 1040. The Balaban J connectivity index is 1.81. The fourth-order valence-corrected chi connectivity index (χ4v) is 3.14. The van der Waals surface area contributed by atoms with E-state index in [4.69, 9.17) is 0 Å². The summed E-state index contributed by atoms with van der Waals surface area (Å²) in [6.45, 7) is 0. The lowest BCUT2D eigenvalue weighted by Gasteiger charge is -2.12. The number of amides is 2. The van der Waals surface area contributed by atoms with Crippen LogP contribution in [0.5, 0.6) is 0 Å². The number of hydrazone groups is 1. The smallest absolute Gasteiger partial charge is 0.287 e. The van der Waals surface area contributed by atoms with Crippen LogP contribution < -0.4 is 15.6 Å². The summed E-state index contributed by atoms with van der Waals surface area (Å²) >= 11 is 1.51. The molecule has 0 saturated heterocycles. The van der Waals surface area contributed by atoms with Crippen molar-refractivity contribution >= 4 is 41.1 Å². The quantitative estimate of drug-likeness (QED) is 0.349. The van der Waals surface area contributed by atoms with Crippen LogP contribution in [-0.2, 0) is 4.79 Å². The van der Waals surface area contributed by atoms with E-state index in [1.54, 1.807) is 36.6 Å². The second-order valence-corrected chi connectivity index (χ2v) is 7.56. The highest BCUT2D eigenvalue weighted by Gasteiger charge is 2.14. The van der Waals surface area contributed by atoms with Gasteiger partial charge < -0.3 is 10.2 Å². The first kappa shape index (κ1) is 21.0. The van der Waals surface area contributed by atoms with Crippen LogP contribution >= 0.6 is 11.3 Å². The van der Waals surface area contributed by atoms with E-state index in [-0.39, 0.29) is 11.6 Å². The molecule has 0 bridgehead atoms. The van der Waals surface area contributed by atoms with E-state index in [0.717, 1.165) is 16.1 Å². The van der Waals surface area contributed by atoms with Gasteiger partial charge in [-0.05, 0) is 47.4 Å². The van der Waals surface area contributed by atoms with Crippen molar-refractivity contribution in [1.29, 1.82) is 0 Å². The van der Waals surface area contributed by atoms with E-state index < -0.39 is 5.91 Å².